The number of hydrogen-bond donors (Lipinski definition) is 1. The topological polar surface area (TPSA) is 12.0 Å². The van der Waals surface area contributed by atoms with Crippen LogP contribution < -0.4 is 5.32 Å². The summed E-state index contributed by atoms with van der Waals surface area (Å²) in [6, 6.07) is 8.75. The molecule has 0 aliphatic carbocycles. The van der Waals surface area contributed by atoms with Crippen molar-refractivity contribution < 1.29 is 8.78 Å². The third-order valence-electron chi connectivity index (χ3n) is 2.95. The van der Waals surface area contributed by atoms with Gasteiger partial charge in [0.1, 0.15) is 11.6 Å². The summed E-state index contributed by atoms with van der Waals surface area (Å²) in [5, 5.41) is 3.19. The third kappa shape index (κ3) is 3.45. The van der Waals surface area contributed by atoms with Crippen molar-refractivity contribution in [2.24, 2.45) is 0 Å². The van der Waals surface area contributed by atoms with E-state index in [0.29, 0.717) is 12.1 Å². The highest BCUT2D eigenvalue weighted by atomic mass is 79.9. The van der Waals surface area contributed by atoms with Crippen LogP contribution in [0.15, 0.2) is 45.3 Å². The first-order valence-corrected chi connectivity index (χ1v) is 7.74. The molecule has 0 aromatic heterocycles. The first kappa shape index (κ1) is 15.6. The predicted octanol–water partition coefficient (Wildman–Crippen LogP) is 5.19. The van der Waals surface area contributed by atoms with E-state index in [1.165, 1.54) is 6.07 Å². The Balaban J connectivity index is 2.55. The molecule has 1 unspecified atom stereocenters. The summed E-state index contributed by atoms with van der Waals surface area (Å²) < 4.78 is 29.2. The van der Waals surface area contributed by atoms with E-state index in [2.05, 4.69) is 37.2 Å². The maximum Gasteiger partial charge on any atom is 0.128 e. The zero-order chi connectivity index (χ0) is 14.7. The summed E-state index contributed by atoms with van der Waals surface area (Å²) in [5.74, 6) is -0.875. The molecule has 0 fully saturated rings. The molecule has 2 rings (SSSR count). The van der Waals surface area contributed by atoms with E-state index in [1.807, 2.05) is 25.1 Å². The van der Waals surface area contributed by atoms with Gasteiger partial charge in [-0.2, -0.15) is 0 Å². The quantitative estimate of drug-likeness (QED) is 0.739. The average molecular weight is 405 g/mol. The molecule has 1 N–H and O–H groups in total. The fourth-order valence-corrected chi connectivity index (χ4v) is 2.92. The largest absolute Gasteiger partial charge is 0.306 e. The lowest BCUT2D eigenvalue weighted by atomic mass is 9.98. The van der Waals surface area contributed by atoms with Gasteiger partial charge in [-0.25, -0.2) is 8.78 Å². The van der Waals surface area contributed by atoms with Gasteiger partial charge >= 0.3 is 0 Å². The molecule has 1 atom stereocenters. The molecule has 0 bridgehead atoms. The van der Waals surface area contributed by atoms with Crippen LogP contribution in [-0.2, 0) is 0 Å². The summed E-state index contributed by atoms with van der Waals surface area (Å²) in [5.41, 5.74) is 1.15. The highest BCUT2D eigenvalue weighted by molar-refractivity contribution is 9.11. The monoisotopic (exact) mass is 403 g/mol. The minimum atomic E-state index is -0.449. The zero-order valence-corrected chi connectivity index (χ0v) is 13.9. The molecule has 0 radical (unpaired) electrons. The molecule has 0 saturated carbocycles. The lowest BCUT2D eigenvalue weighted by Crippen LogP contribution is -2.23. The fourth-order valence-electron chi connectivity index (χ4n) is 2.06. The van der Waals surface area contributed by atoms with Crippen LogP contribution in [0.5, 0.6) is 0 Å². The highest BCUT2D eigenvalue weighted by Gasteiger charge is 2.20. The van der Waals surface area contributed by atoms with Crippen molar-refractivity contribution in [1.82, 2.24) is 5.32 Å². The molecule has 5 heteroatoms. The fraction of sp³-hybridized carbons (Fsp3) is 0.200. The van der Waals surface area contributed by atoms with Gasteiger partial charge in [-0.1, -0.05) is 38.8 Å². The van der Waals surface area contributed by atoms with E-state index in [9.17, 15) is 8.78 Å². The Morgan fingerprint density at radius 1 is 1.05 bits per heavy atom. The molecule has 106 valence electrons. The number of halogens is 4. The maximum atomic E-state index is 14.0. The van der Waals surface area contributed by atoms with Crippen LogP contribution >= 0.6 is 31.9 Å². The molecule has 20 heavy (non-hydrogen) atoms. The van der Waals surface area contributed by atoms with Gasteiger partial charge in [0, 0.05) is 14.5 Å². The summed E-state index contributed by atoms with van der Waals surface area (Å²) >= 11 is 6.87. The summed E-state index contributed by atoms with van der Waals surface area (Å²) in [4.78, 5) is 0. The van der Waals surface area contributed by atoms with E-state index in [0.717, 1.165) is 26.6 Å². The lowest BCUT2D eigenvalue weighted by Gasteiger charge is -2.21. The first-order chi connectivity index (χ1) is 9.52. The van der Waals surface area contributed by atoms with Crippen molar-refractivity contribution in [3.05, 3.63) is 68.1 Å². The van der Waals surface area contributed by atoms with Crippen molar-refractivity contribution in [3.8, 4) is 0 Å². The molecule has 0 aliphatic heterocycles. The second-order valence-corrected chi connectivity index (χ2v) is 6.09. The van der Waals surface area contributed by atoms with Gasteiger partial charge in [0.25, 0.3) is 0 Å². The Labute approximate surface area is 133 Å². The molecular weight excluding hydrogens is 392 g/mol. The van der Waals surface area contributed by atoms with Gasteiger partial charge in [-0.3, -0.25) is 0 Å². The van der Waals surface area contributed by atoms with Gasteiger partial charge < -0.3 is 5.32 Å². The third-order valence-corrected chi connectivity index (χ3v) is 4.16. The summed E-state index contributed by atoms with van der Waals surface area (Å²) in [7, 11) is 0. The molecule has 1 nitrogen and oxygen atoms in total. The number of rotatable bonds is 4. The second kappa shape index (κ2) is 6.78. The van der Waals surface area contributed by atoms with Crippen molar-refractivity contribution in [3.63, 3.8) is 0 Å². The van der Waals surface area contributed by atoms with E-state index in [1.54, 1.807) is 0 Å². The van der Waals surface area contributed by atoms with E-state index in [4.69, 9.17) is 0 Å². The Kier molecular flexibility index (Phi) is 5.29. The van der Waals surface area contributed by atoms with Crippen molar-refractivity contribution in [2.75, 3.05) is 6.54 Å². The Morgan fingerprint density at radius 3 is 2.50 bits per heavy atom. The Bertz CT molecular complexity index is 565. The van der Waals surface area contributed by atoms with E-state index < -0.39 is 17.7 Å². The van der Waals surface area contributed by atoms with Crippen LogP contribution in [0, 0.1) is 11.6 Å². The van der Waals surface area contributed by atoms with Crippen molar-refractivity contribution >= 4 is 31.9 Å². The zero-order valence-electron chi connectivity index (χ0n) is 10.8. The standard InChI is InChI=1S/C15H13Br2F2N/c1-2-20-15(11-7-9(16)3-5-13(11)17)12-8-10(18)4-6-14(12)19/h3-8,15,20H,2H2,1H3. The van der Waals surface area contributed by atoms with Crippen LogP contribution in [0.3, 0.4) is 0 Å². The highest BCUT2D eigenvalue weighted by Crippen LogP contribution is 2.32. The molecule has 0 aliphatic rings. The molecule has 0 saturated heterocycles. The molecular formula is C15H13Br2F2N. The van der Waals surface area contributed by atoms with Gasteiger partial charge in [0.2, 0.25) is 0 Å². The number of hydrogen-bond acceptors (Lipinski definition) is 1. The first-order valence-electron chi connectivity index (χ1n) is 6.16. The average Bonchev–Trinajstić information content (AvgIpc) is 2.42. The number of nitrogens with one attached hydrogen (secondary N) is 1. The molecule has 0 spiro atoms. The van der Waals surface area contributed by atoms with Gasteiger partial charge in [-0.15, -0.1) is 0 Å². The molecule has 0 amide bonds. The van der Waals surface area contributed by atoms with Crippen molar-refractivity contribution in [2.45, 2.75) is 13.0 Å². The number of benzene rings is 2. The smallest absolute Gasteiger partial charge is 0.128 e. The van der Waals surface area contributed by atoms with Gasteiger partial charge in [0.15, 0.2) is 0 Å². The van der Waals surface area contributed by atoms with Gasteiger partial charge in [-0.05, 0) is 48.5 Å². The molecule has 2 aromatic rings. The van der Waals surface area contributed by atoms with E-state index in [-0.39, 0.29) is 0 Å². The SMILES string of the molecule is CCNC(c1cc(F)ccc1F)c1cc(Br)ccc1Br. The van der Waals surface area contributed by atoms with Gasteiger partial charge in [0.05, 0.1) is 6.04 Å². The second-order valence-electron chi connectivity index (χ2n) is 4.32. The Hall–Kier alpha value is -0.780. The van der Waals surface area contributed by atoms with Crippen LogP contribution in [0.2, 0.25) is 0 Å². The maximum absolute atomic E-state index is 14.0. The normalized spacial score (nSPS) is 12.4. The molecule has 2 aromatic carbocycles. The minimum absolute atomic E-state index is 0.297. The van der Waals surface area contributed by atoms with Crippen LogP contribution in [-0.4, -0.2) is 6.54 Å². The molecule has 0 heterocycles. The lowest BCUT2D eigenvalue weighted by molar-refractivity contribution is 0.544. The predicted molar refractivity (Wildman–Crippen MR) is 83.7 cm³/mol. The van der Waals surface area contributed by atoms with Crippen LogP contribution in [0.4, 0.5) is 8.78 Å². The summed E-state index contributed by atoms with van der Waals surface area (Å²) in [6.45, 7) is 2.57. The Morgan fingerprint density at radius 2 is 1.80 bits per heavy atom. The van der Waals surface area contributed by atoms with Crippen molar-refractivity contribution in [1.29, 1.82) is 0 Å². The van der Waals surface area contributed by atoms with Crippen LogP contribution in [0.25, 0.3) is 0 Å². The minimum Gasteiger partial charge on any atom is -0.306 e. The van der Waals surface area contributed by atoms with Crippen LogP contribution in [0.1, 0.15) is 24.1 Å². The van der Waals surface area contributed by atoms with E-state index >= 15 is 0 Å². The summed E-state index contributed by atoms with van der Waals surface area (Å²) in [6.07, 6.45) is 0.